The molecule has 0 aliphatic rings. The Kier molecular flexibility index (Phi) is 9.45. The largest absolute Gasteiger partial charge is 0.445 e. The molecule has 0 aromatic carbocycles. The quantitative estimate of drug-likeness (QED) is 0.339. The summed E-state index contributed by atoms with van der Waals surface area (Å²) in [6, 6.07) is 0. The lowest BCUT2D eigenvalue weighted by Gasteiger charge is -2.03. The van der Waals surface area contributed by atoms with E-state index in [9.17, 15) is 9.90 Å². The summed E-state index contributed by atoms with van der Waals surface area (Å²) in [6.07, 6.45) is 3.97. The third-order valence-corrected chi connectivity index (χ3v) is 2.10. The minimum atomic E-state index is -0.644. The van der Waals surface area contributed by atoms with Crippen LogP contribution >= 0.6 is 0 Å². The molecule has 0 saturated carbocycles. The van der Waals surface area contributed by atoms with Crippen molar-refractivity contribution < 1.29 is 14.6 Å². The Morgan fingerprint density at radius 1 is 1.39 bits per heavy atom. The second-order valence-corrected chi connectivity index (χ2v) is 3.82. The average molecular weight is 248 g/mol. The second kappa shape index (κ2) is 10.4. The summed E-state index contributed by atoms with van der Waals surface area (Å²) in [4.78, 5) is 10.7. The van der Waals surface area contributed by atoms with Gasteiger partial charge in [-0.25, -0.2) is 0 Å². The third kappa shape index (κ3) is 9.51. The number of hydrogen-bond acceptors (Lipinski definition) is 3. The van der Waals surface area contributed by atoms with Crippen molar-refractivity contribution in [3.05, 3.63) is 12.7 Å². The van der Waals surface area contributed by atoms with E-state index < -0.39 is 18.2 Å². The summed E-state index contributed by atoms with van der Waals surface area (Å²) in [7, 11) is 0. The number of carbonyl (C=O) groups is 1. The highest BCUT2D eigenvalue weighted by Crippen LogP contribution is 2.01. The highest BCUT2D eigenvalue weighted by atomic mass is 16.5. The first-order valence-electron chi connectivity index (χ1n) is 6.09. The summed E-state index contributed by atoms with van der Waals surface area (Å²) < 4.78 is 4.83. The fraction of sp³-hybridized carbons (Fsp3) is 0.533. The van der Waals surface area contributed by atoms with E-state index in [1.807, 2.05) is 0 Å². The highest BCUT2D eigenvalue weighted by Gasteiger charge is 2.01. The van der Waals surface area contributed by atoms with E-state index in [4.69, 9.17) is 4.74 Å². The van der Waals surface area contributed by atoms with Gasteiger partial charge < -0.3 is 9.84 Å². The van der Waals surface area contributed by atoms with Gasteiger partial charge in [-0.05, 0) is 36.7 Å². The first-order chi connectivity index (χ1) is 8.60. The van der Waals surface area contributed by atoms with Crippen LogP contribution in [0, 0.1) is 23.7 Å². The van der Waals surface area contributed by atoms with Crippen LogP contribution in [0.5, 0.6) is 0 Å². The molecule has 0 aliphatic carbocycles. The lowest BCUT2D eigenvalue weighted by molar-refractivity contribution is -0.142. The zero-order valence-corrected chi connectivity index (χ0v) is 11.0. The molecule has 0 spiro atoms. The van der Waals surface area contributed by atoms with E-state index in [0.717, 1.165) is 19.3 Å². The zero-order chi connectivity index (χ0) is 13.8. The summed E-state index contributed by atoms with van der Waals surface area (Å²) in [5, 5.41) is 9.50. The monoisotopic (exact) mass is 248 g/mol. The minimum absolute atomic E-state index is 0.415. The van der Waals surface area contributed by atoms with Gasteiger partial charge in [0.15, 0.2) is 6.10 Å². The maximum absolute atomic E-state index is 10.7. The molecule has 0 rings (SSSR count). The van der Waals surface area contributed by atoms with E-state index in [-0.39, 0.29) is 0 Å². The van der Waals surface area contributed by atoms with Crippen LogP contribution < -0.4 is 0 Å². The van der Waals surface area contributed by atoms with E-state index in [2.05, 4.69) is 37.2 Å². The van der Waals surface area contributed by atoms with Gasteiger partial charge in [0.25, 0.3) is 0 Å². The fourth-order valence-electron chi connectivity index (χ4n) is 1.20. The Balaban J connectivity index is 4.13. The van der Waals surface area contributed by atoms with Crippen LogP contribution in [0.4, 0.5) is 0 Å². The molecular weight excluding hydrogens is 228 g/mol. The summed E-state index contributed by atoms with van der Waals surface area (Å²) in [5.74, 6) is 9.94. The summed E-state index contributed by atoms with van der Waals surface area (Å²) >= 11 is 0. The van der Waals surface area contributed by atoms with Crippen molar-refractivity contribution in [3.63, 3.8) is 0 Å². The molecule has 0 heterocycles. The van der Waals surface area contributed by atoms with Crippen LogP contribution in [0.3, 0.4) is 0 Å². The van der Waals surface area contributed by atoms with Crippen molar-refractivity contribution in [3.8, 4) is 23.7 Å². The molecule has 2 atom stereocenters. The van der Waals surface area contributed by atoms with Crippen molar-refractivity contribution in [2.75, 3.05) is 0 Å². The molecule has 0 bridgehead atoms. The van der Waals surface area contributed by atoms with Crippen molar-refractivity contribution >= 4 is 5.97 Å². The third-order valence-electron chi connectivity index (χ3n) is 2.10. The molecule has 0 saturated heterocycles. The number of ether oxygens (including phenoxy) is 1. The lowest BCUT2D eigenvalue weighted by atomic mass is 10.1. The first-order valence-corrected chi connectivity index (χ1v) is 6.09. The highest BCUT2D eigenvalue weighted by molar-refractivity contribution is 5.66. The minimum Gasteiger partial charge on any atom is -0.445 e. The van der Waals surface area contributed by atoms with Crippen LogP contribution in [0.1, 0.15) is 39.5 Å². The number of rotatable bonds is 6. The molecule has 0 unspecified atom stereocenters. The van der Waals surface area contributed by atoms with Gasteiger partial charge in [0.2, 0.25) is 0 Å². The number of carbonyl (C=O) groups excluding carboxylic acids is 1. The number of esters is 1. The molecule has 18 heavy (non-hydrogen) atoms. The smallest absolute Gasteiger partial charge is 0.304 e. The molecule has 98 valence electrons. The first kappa shape index (κ1) is 16.3. The van der Waals surface area contributed by atoms with Crippen LogP contribution in [0.15, 0.2) is 12.7 Å². The molecule has 3 nitrogen and oxygen atoms in total. The SMILES string of the molecule is C=C[C@H](C#CC#C[C@H](O)CCCCC)OC(C)=O. The normalized spacial score (nSPS) is 12.2. The number of aliphatic hydroxyl groups is 1. The maximum Gasteiger partial charge on any atom is 0.304 e. The van der Waals surface area contributed by atoms with Gasteiger partial charge >= 0.3 is 5.97 Å². The standard InChI is InChI=1S/C15H20O3/c1-4-6-7-10-14(17)11-8-9-12-15(5-2)18-13(3)16/h5,14-15,17H,2,4,6-7,10H2,1,3H3/t14-,15-/m1/s1. The van der Waals surface area contributed by atoms with E-state index in [1.54, 1.807) is 0 Å². The molecule has 0 fully saturated rings. The van der Waals surface area contributed by atoms with Gasteiger partial charge in [-0.1, -0.05) is 32.3 Å². The molecule has 3 heteroatoms. The van der Waals surface area contributed by atoms with Crippen molar-refractivity contribution in [2.24, 2.45) is 0 Å². The van der Waals surface area contributed by atoms with Gasteiger partial charge in [-0.15, -0.1) is 0 Å². The summed E-state index contributed by atoms with van der Waals surface area (Å²) in [5.41, 5.74) is 0. The topological polar surface area (TPSA) is 46.5 Å². The van der Waals surface area contributed by atoms with E-state index in [1.165, 1.54) is 13.0 Å². The zero-order valence-electron chi connectivity index (χ0n) is 11.0. The van der Waals surface area contributed by atoms with E-state index >= 15 is 0 Å². The molecule has 0 radical (unpaired) electrons. The second-order valence-electron chi connectivity index (χ2n) is 3.82. The fourth-order valence-corrected chi connectivity index (χ4v) is 1.20. The molecule has 0 aromatic heterocycles. The molecular formula is C15H20O3. The van der Waals surface area contributed by atoms with Gasteiger partial charge in [-0.3, -0.25) is 4.79 Å². The van der Waals surface area contributed by atoms with Crippen molar-refractivity contribution in [2.45, 2.75) is 51.7 Å². The molecule has 0 aromatic rings. The average Bonchev–Trinajstić information content (AvgIpc) is 2.33. The molecule has 0 amide bonds. The van der Waals surface area contributed by atoms with Gasteiger partial charge in [0, 0.05) is 6.92 Å². The van der Waals surface area contributed by atoms with Crippen LogP contribution in [0.25, 0.3) is 0 Å². The van der Waals surface area contributed by atoms with Gasteiger partial charge in [0.05, 0.1) is 0 Å². The molecule has 0 aliphatic heterocycles. The number of aliphatic hydroxyl groups excluding tert-OH is 1. The van der Waals surface area contributed by atoms with Gasteiger partial charge in [-0.2, -0.15) is 0 Å². The van der Waals surface area contributed by atoms with Crippen LogP contribution in [-0.2, 0) is 9.53 Å². The summed E-state index contributed by atoms with van der Waals surface area (Å²) in [6.45, 7) is 6.91. The van der Waals surface area contributed by atoms with Gasteiger partial charge in [0.1, 0.15) is 6.10 Å². The Morgan fingerprint density at radius 3 is 2.61 bits per heavy atom. The lowest BCUT2D eigenvalue weighted by Crippen LogP contribution is -2.10. The maximum atomic E-state index is 10.7. The van der Waals surface area contributed by atoms with Crippen molar-refractivity contribution in [1.82, 2.24) is 0 Å². The van der Waals surface area contributed by atoms with Crippen LogP contribution in [0.2, 0.25) is 0 Å². The predicted molar refractivity (Wildman–Crippen MR) is 71.5 cm³/mol. The molecule has 1 N–H and O–H groups in total. The van der Waals surface area contributed by atoms with Crippen molar-refractivity contribution in [1.29, 1.82) is 0 Å². The van der Waals surface area contributed by atoms with E-state index in [0.29, 0.717) is 6.42 Å². The number of hydrogen-bond donors (Lipinski definition) is 1. The van der Waals surface area contributed by atoms with Crippen LogP contribution in [-0.4, -0.2) is 23.3 Å². The Hall–Kier alpha value is -1.71. The Morgan fingerprint density at radius 2 is 2.06 bits per heavy atom. The number of unbranched alkanes of at least 4 members (excludes halogenated alkanes) is 2. The Labute approximate surface area is 109 Å². The Bertz CT molecular complexity index is 376. The predicted octanol–water partition coefficient (Wildman–Crippen LogP) is 2.05.